The Hall–Kier alpha value is -0.780. The lowest BCUT2D eigenvalue weighted by atomic mass is 10.1. The van der Waals surface area contributed by atoms with E-state index in [4.69, 9.17) is 9.47 Å². The van der Waals surface area contributed by atoms with Gasteiger partial charge in [0.25, 0.3) is 0 Å². The highest BCUT2D eigenvalue weighted by molar-refractivity contribution is 9.10. The lowest BCUT2D eigenvalue weighted by Gasteiger charge is -2.17. The molecule has 0 spiro atoms. The predicted molar refractivity (Wildman–Crippen MR) is 89.0 cm³/mol. The maximum absolute atomic E-state index is 9.78. The molecule has 0 radical (unpaired) electrons. The van der Waals surface area contributed by atoms with E-state index in [9.17, 15) is 5.11 Å². The SMILES string of the molecule is CCCOc1c(Br)cc(CNCC(O)C(C)C)cc1OC. The van der Waals surface area contributed by atoms with E-state index in [1.165, 1.54) is 0 Å². The van der Waals surface area contributed by atoms with Crippen molar-refractivity contribution >= 4 is 15.9 Å². The van der Waals surface area contributed by atoms with Crippen LogP contribution in [0.1, 0.15) is 32.8 Å². The molecule has 0 aliphatic carbocycles. The summed E-state index contributed by atoms with van der Waals surface area (Å²) in [5.41, 5.74) is 1.08. The van der Waals surface area contributed by atoms with Crippen LogP contribution in [0.25, 0.3) is 0 Å². The van der Waals surface area contributed by atoms with Gasteiger partial charge in [-0.1, -0.05) is 20.8 Å². The maximum Gasteiger partial charge on any atom is 0.175 e. The van der Waals surface area contributed by atoms with Gasteiger partial charge >= 0.3 is 0 Å². The first-order valence-electron chi connectivity index (χ1n) is 7.37. The first kappa shape index (κ1) is 18.3. The molecule has 0 fully saturated rings. The highest BCUT2D eigenvalue weighted by Gasteiger charge is 2.12. The molecule has 4 nitrogen and oxygen atoms in total. The Labute approximate surface area is 136 Å². The van der Waals surface area contributed by atoms with Crippen molar-refractivity contribution in [3.8, 4) is 11.5 Å². The van der Waals surface area contributed by atoms with Gasteiger partial charge in [-0.15, -0.1) is 0 Å². The summed E-state index contributed by atoms with van der Waals surface area (Å²) in [6.07, 6.45) is 0.619. The predicted octanol–water partition coefficient (Wildman–Crippen LogP) is 3.35. The number of nitrogens with one attached hydrogen (secondary N) is 1. The number of benzene rings is 1. The minimum absolute atomic E-state index is 0.253. The fourth-order valence-electron chi connectivity index (χ4n) is 1.82. The van der Waals surface area contributed by atoms with Gasteiger partial charge in [0.05, 0.1) is 24.3 Å². The fraction of sp³-hybridized carbons (Fsp3) is 0.625. The highest BCUT2D eigenvalue weighted by atomic mass is 79.9. The van der Waals surface area contributed by atoms with Crippen LogP contribution in [0.4, 0.5) is 0 Å². The lowest BCUT2D eigenvalue weighted by Crippen LogP contribution is -2.30. The van der Waals surface area contributed by atoms with Gasteiger partial charge in [-0.3, -0.25) is 0 Å². The van der Waals surface area contributed by atoms with Crippen molar-refractivity contribution in [3.63, 3.8) is 0 Å². The average molecular weight is 360 g/mol. The van der Waals surface area contributed by atoms with E-state index in [0.29, 0.717) is 19.7 Å². The minimum Gasteiger partial charge on any atom is -0.493 e. The standard InChI is InChI=1S/C16H26BrNO3/c1-5-6-21-16-13(17)7-12(8-15(16)20-4)9-18-10-14(19)11(2)3/h7-8,11,14,18-19H,5-6,9-10H2,1-4H3. The van der Waals surface area contributed by atoms with Crippen LogP contribution in [-0.2, 0) is 6.54 Å². The summed E-state index contributed by atoms with van der Waals surface area (Å²) in [4.78, 5) is 0. The minimum atomic E-state index is -0.331. The number of ether oxygens (including phenoxy) is 2. The number of hydrogen-bond acceptors (Lipinski definition) is 4. The Morgan fingerprint density at radius 2 is 2.05 bits per heavy atom. The van der Waals surface area contributed by atoms with E-state index in [1.54, 1.807) is 7.11 Å². The van der Waals surface area contributed by atoms with Crippen LogP contribution in [0.15, 0.2) is 16.6 Å². The Kier molecular flexibility index (Phi) is 8.07. The van der Waals surface area contributed by atoms with Gasteiger partial charge in [-0.2, -0.15) is 0 Å². The van der Waals surface area contributed by atoms with Crippen molar-refractivity contribution in [1.82, 2.24) is 5.32 Å². The largest absolute Gasteiger partial charge is 0.493 e. The molecule has 0 saturated carbocycles. The number of rotatable bonds is 9. The lowest BCUT2D eigenvalue weighted by molar-refractivity contribution is 0.123. The van der Waals surface area contributed by atoms with E-state index in [0.717, 1.165) is 28.0 Å². The van der Waals surface area contributed by atoms with Gasteiger partial charge in [-0.05, 0) is 46.0 Å². The highest BCUT2D eigenvalue weighted by Crippen LogP contribution is 2.36. The fourth-order valence-corrected chi connectivity index (χ4v) is 2.42. The van der Waals surface area contributed by atoms with Crippen LogP contribution >= 0.6 is 15.9 Å². The quantitative estimate of drug-likeness (QED) is 0.709. The van der Waals surface area contributed by atoms with E-state index in [1.807, 2.05) is 26.0 Å². The van der Waals surface area contributed by atoms with Crippen LogP contribution in [0, 0.1) is 5.92 Å². The van der Waals surface area contributed by atoms with Crippen LogP contribution in [0.3, 0.4) is 0 Å². The van der Waals surface area contributed by atoms with Crippen molar-refractivity contribution in [2.45, 2.75) is 39.8 Å². The zero-order valence-corrected chi connectivity index (χ0v) is 14.9. The number of aliphatic hydroxyl groups excluding tert-OH is 1. The zero-order valence-electron chi connectivity index (χ0n) is 13.3. The maximum atomic E-state index is 9.78. The van der Waals surface area contributed by atoms with Crippen molar-refractivity contribution in [2.24, 2.45) is 5.92 Å². The molecule has 1 atom stereocenters. The third-order valence-corrected chi connectivity index (χ3v) is 3.78. The van der Waals surface area contributed by atoms with Crippen LogP contribution < -0.4 is 14.8 Å². The molecule has 120 valence electrons. The molecule has 1 rings (SSSR count). The molecule has 0 heterocycles. The summed E-state index contributed by atoms with van der Waals surface area (Å²) in [5.74, 6) is 1.72. The molecule has 2 N–H and O–H groups in total. The molecule has 1 unspecified atom stereocenters. The second kappa shape index (κ2) is 9.28. The normalized spacial score (nSPS) is 12.5. The van der Waals surface area contributed by atoms with Crippen LogP contribution in [-0.4, -0.2) is 31.5 Å². The molecule has 0 aliphatic rings. The number of aliphatic hydroxyl groups is 1. The average Bonchev–Trinajstić information content (AvgIpc) is 2.45. The van der Waals surface area contributed by atoms with E-state index in [-0.39, 0.29) is 12.0 Å². The molecule has 0 aromatic heterocycles. The van der Waals surface area contributed by atoms with E-state index in [2.05, 4.69) is 28.2 Å². The first-order valence-corrected chi connectivity index (χ1v) is 8.16. The molecular weight excluding hydrogens is 334 g/mol. The summed E-state index contributed by atoms with van der Waals surface area (Å²) in [5, 5.41) is 13.0. The second-order valence-corrected chi connectivity index (χ2v) is 6.25. The Morgan fingerprint density at radius 3 is 2.62 bits per heavy atom. The van der Waals surface area contributed by atoms with Crippen molar-refractivity contribution in [1.29, 1.82) is 0 Å². The molecule has 1 aromatic rings. The third-order valence-electron chi connectivity index (χ3n) is 3.19. The van der Waals surface area contributed by atoms with Gasteiger partial charge in [0, 0.05) is 13.1 Å². The molecule has 0 bridgehead atoms. The number of halogens is 1. The Morgan fingerprint density at radius 1 is 1.33 bits per heavy atom. The molecule has 0 amide bonds. The molecule has 21 heavy (non-hydrogen) atoms. The Balaban J connectivity index is 2.70. The zero-order chi connectivity index (χ0) is 15.8. The van der Waals surface area contributed by atoms with Crippen molar-refractivity contribution < 1.29 is 14.6 Å². The molecule has 1 aromatic carbocycles. The molecule has 0 saturated heterocycles. The van der Waals surface area contributed by atoms with Gasteiger partial charge in [-0.25, -0.2) is 0 Å². The second-order valence-electron chi connectivity index (χ2n) is 5.40. The topological polar surface area (TPSA) is 50.7 Å². The first-order chi connectivity index (χ1) is 9.99. The van der Waals surface area contributed by atoms with Crippen LogP contribution in [0.5, 0.6) is 11.5 Å². The summed E-state index contributed by atoms with van der Waals surface area (Å²) >= 11 is 3.53. The Bertz CT molecular complexity index is 438. The summed E-state index contributed by atoms with van der Waals surface area (Å²) in [7, 11) is 1.64. The number of hydrogen-bond donors (Lipinski definition) is 2. The van der Waals surface area contributed by atoms with Gasteiger partial charge in [0.1, 0.15) is 0 Å². The van der Waals surface area contributed by atoms with Crippen molar-refractivity contribution in [3.05, 3.63) is 22.2 Å². The summed E-state index contributed by atoms with van der Waals surface area (Å²) in [6, 6.07) is 3.98. The third kappa shape index (κ3) is 5.85. The number of methoxy groups -OCH3 is 1. The molecule has 0 aliphatic heterocycles. The van der Waals surface area contributed by atoms with Gasteiger partial charge < -0.3 is 19.9 Å². The van der Waals surface area contributed by atoms with Gasteiger partial charge in [0.15, 0.2) is 11.5 Å². The molecular formula is C16H26BrNO3. The summed E-state index contributed by atoms with van der Waals surface area (Å²) in [6.45, 7) is 7.99. The summed E-state index contributed by atoms with van der Waals surface area (Å²) < 4.78 is 12.0. The van der Waals surface area contributed by atoms with Crippen LogP contribution in [0.2, 0.25) is 0 Å². The smallest absolute Gasteiger partial charge is 0.175 e. The van der Waals surface area contributed by atoms with Crippen molar-refractivity contribution in [2.75, 3.05) is 20.3 Å². The molecule has 5 heteroatoms. The monoisotopic (exact) mass is 359 g/mol. The van der Waals surface area contributed by atoms with E-state index >= 15 is 0 Å². The van der Waals surface area contributed by atoms with Gasteiger partial charge in [0.2, 0.25) is 0 Å². The van der Waals surface area contributed by atoms with E-state index < -0.39 is 0 Å².